The van der Waals surface area contributed by atoms with Crippen molar-refractivity contribution in [3.63, 3.8) is 0 Å². The van der Waals surface area contributed by atoms with Gasteiger partial charge in [0.2, 0.25) is 0 Å². The van der Waals surface area contributed by atoms with E-state index >= 15 is 0 Å². The average molecular weight is 305 g/mol. The first kappa shape index (κ1) is 16.5. The van der Waals surface area contributed by atoms with Crippen molar-refractivity contribution >= 4 is 21.4 Å². The van der Waals surface area contributed by atoms with Crippen molar-refractivity contribution in [2.45, 2.75) is 40.3 Å². The van der Waals surface area contributed by atoms with Crippen LogP contribution < -0.4 is 5.32 Å². The van der Waals surface area contributed by atoms with Gasteiger partial charge in [-0.2, -0.15) is 0 Å². The maximum absolute atomic E-state index is 3.32. The molecular weight excluding hydrogens is 276 g/mol. The number of hydrogen-bond acceptors (Lipinski definition) is 3. The van der Waals surface area contributed by atoms with Gasteiger partial charge in [-0.25, -0.2) is 0 Å². The monoisotopic (exact) mass is 304 g/mol. The molecule has 2 aromatic rings. The molecular formula is C18H28N2S. The number of benzene rings is 1. The van der Waals surface area contributed by atoms with Crippen molar-refractivity contribution in [1.82, 2.24) is 10.2 Å². The van der Waals surface area contributed by atoms with E-state index in [2.05, 4.69) is 55.3 Å². The highest BCUT2D eigenvalue weighted by molar-refractivity contribution is 7.19. The van der Waals surface area contributed by atoms with Crippen LogP contribution in [0.1, 0.15) is 37.6 Å². The van der Waals surface area contributed by atoms with Gasteiger partial charge < -0.3 is 5.32 Å². The molecule has 0 saturated carbocycles. The Balaban J connectivity index is 2.28. The number of nitrogens with zero attached hydrogens (tertiary/aromatic N) is 1. The number of rotatable bonds is 8. The third kappa shape index (κ3) is 4.06. The lowest BCUT2D eigenvalue weighted by Gasteiger charge is -2.24. The highest BCUT2D eigenvalue weighted by Crippen LogP contribution is 2.32. The molecule has 0 spiro atoms. The van der Waals surface area contributed by atoms with Gasteiger partial charge >= 0.3 is 0 Å². The van der Waals surface area contributed by atoms with Crippen LogP contribution in [0.4, 0.5) is 0 Å². The number of hydrogen-bond donors (Lipinski definition) is 1. The van der Waals surface area contributed by atoms with Crippen molar-refractivity contribution in [2.75, 3.05) is 20.1 Å². The minimum absolute atomic E-state index is 0.766. The largest absolute Gasteiger partial charge is 0.315 e. The van der Waals surface area contributed by atoms with Crippen LogP contribution in [-0.4, -0.2) is 25.0 Å². The lowest BCUT2D eigenvalue weighted by molar-refractivity contribution is 0.238. The van der Waals surface area contributed by atoms with Crippen LogP contribution in [0.2, 0.25) is 0 Å². The van der Waals surface area contributed by atoms with E-state index in [-0.39, 0.29) is 0 Å². The minimum atomic E-state index is 0.766. The molecule has 0 aliphatic carbocycles. The summed E-state index contributed by atoms with van der Waals surface area (Å²) in [6, 6.07) is 8.82. The molecule has 1 N–H and O–H groups in total. The first-order valence-corrected chi connectivity index (χ1v) is 8.87. The van der Waals surface area contributed by atoms with E-state index in [0.29, 0.717) is 0 Å². The molecule has 0 fully saturated rings. The lowest BCUT2D eigenvalue weighted by Crippen LogP contribution is -2.28. The standard InChI is InChI=1S/C18H28N2S/c1-5-14(3)12-20(6-2)13-16-15-9-7-8-10-17(15)21-18(16)11-19-4/h7-10,14,19H,5-6,11-13H2,1-4H3. The summed E-state index contributed by atoms with van der Waals surface area (Å²) >= 11 is 1.94. The molecule has 0 saturated heterocycles. The molecule has 116 valence electrons. The van der Waals surface area contributed by atoms with Crippen molar-refractivity contribution in [3.8, 4) is 0 Å². The second kappa shape index (κ2) is 7.92. The summed E-state index contributed by atoms with van der Waals surface area (Å²) < 4.78 is 1.41. The zero-order valence-electron chi connectivity index (χ0n) is 13.8. The van der Waals surface area contributed by atoms with Crippen LogP contribution in [0.5, 0.6) is 0 Å². The molecule has 1 unspecified atom stereocenters. The smallest absolute Gasteiger partial charge is 0.0349 e. The fourth-order valence-electron chi connectivity index (χ4n) is 2.73. The SMILES string of the molecule is CCC(C)CN(CC)Cc1c(CNC)sc2ccccc12. The predicted octanol–water partition coefficient (Wildman–Crippen LogP) is 4.49. The lowest BCUT2D eigenvalue weighted by atomic mass is 10.1. The molecule has 2 rings (SSSR count). The Morgan fingerprint density at radius 1 is 1.24 bits per heavy atom. The van der Waals surface area contributed by atoms with Crippen LogP contribution in [-0.2, 0) is 13.1 Å². The maximum atomic E-state index is 3.32. The van der Waals surface area contributed by atoms with Crippen LogP contribution in [0.15, 0.2) is 24.3 Å². The van der Waals surface area contributed by atoms with Gasteiger partial charge in [0.05, 0.1) is 0 Å². The summed E-state index contributed by atoms with van der Waals surface area (Å²) in [5.41, 5.74) is 1.52. The first-order valence-electron chi connectivity index (χ1n) is 8.05. The predicted molar refractivity (Wildman–Crippen MR) is 95.0 cm³/mol. The van der Waals surface area contributed by atoms with Gasteiger partial charge in [-0.15, -0.1) is 11.3 Å². The number of nitrogens with one attached hydrogen (secondary N) is 1. The van der Waals surface area contributed by atoms with E-state index in [0.717, 1.165) is 25.6 Å². The van der Waals surface area contributed by atoms with Crippen LogP contribution in [0.25, 0.3) is 10.1 Å². The highest BCUT2D eigenvalue weighted by atomic mass is 32.1. The Morgan fingerprint density at radius 3 is 2.67 bits per heavy atom. The fourth-order valence-corrected chi connectivity index (χ4v) is 3.95. The minimum Gasteiger partial charge on any atom is -0.315 e. The van der Waals surface area contributed by atoms with Gasteiger partial charge in [0.25, 0.3) is 0 Å². The zero-order chi connectivity index (χ0) is 15.2. The Bertz CT molecular complexity index is 561. The second-order valence-corrected chi connectivity index (χ2v) is 7.01. The van der Waals surface area contributed by atoms with E-state index in [9.17, 15) is 0 Å². The molecule has 1 aromatic carbocycles. The van der Waals surface area contributed by atoms with E-state index in [1.54, 1.807) is 0 Å². The maximum Gasteiger partial charge on any atom is 0.0349 e. The molecule has 0 bridgehead atoms. The summed E-state index contributed by atoms with van der Waals surface area (Å²) in [6.45, 7) is 11.3. The molecule has 1 aromatic heterocycles. The molecule has 3 heteroatoms. The molecule has 0 radical (unpaired) electrons. The molecule has 1 heterocycles. The molecule has 2 nitrogen and oxygen atoms in total. The quantitative estimate of drug-likeness (QED) is 0.773. The number of fused-ring (bicyclic) bond motifs is 1. The van der Waals surface area contributed by atoms with Crippen LogP contribution >= 0.6 is 11.3 Å². The Morgan fingerprint density at radius 2 is 2.00 bits per heavy atom. The summed E-state index contributed by atoms with van der Waals surface area (Å²) in [5.74, 6) is 0.766. The first-order chi connectivity index (χ1) is 10.2. The summed E-state index contributed by atoms with van der Waals surface area (Å²) in [5, 5.41) is 4.76. The van der Waals surface area contributed by atoms with E-state index < -0.39 is 0 Å². The zero-order valence-corrected chi connectivity index (χ0v) is 14.6. The van der Waals surface area contributed by atoms with Crippen molar-refractivity contribution in [3.05, 3.63) is 34.7 Å². The van der Waals surface area contributed by atoms with Crippen molar-refractivity contribution in [2.24, 2.45) is 5.92 Å². The van der Waals surface area contributed by atoms with Crippen molar-refractivity contribution in [1.29, 1.82) is 0 Å². The molecule has 0 amide bonds. The van der Waals surface area contributed by atoms with Gasteiger partial charge in [-0.1, -0.05) is 45.4 Å². The van der Waals surface area contributed by atoms with Crippen LogP contribution in [0, 0.1) is 5.92 Å². The third-order valence-electron chi connectivity index (χ3n) is 4.21. The highest BCUT2D eigenvalue weighted by Gasteiger charge is 2.15. The Labute approximate surface area is 133 Å². The summed E-state index contributed by atoms with van der Waals surface area (Å²) in [6.07, 6.45) is 1.25. The molecule has 0 aliphatic rings. The van der Waals surface area contributed by atoms with Crippen molar-refractivity contribution < 1.29 is 0 Å². The second-order valence-electron chi connectivity index (χ2n) is 5.87. The van der Waals surface area contributed by atoms with E-state index in [4.69, 9.17) is 0 Å². The fraction of sp³-hybridized carbons (Fsp3) is 0.556. The number of thiophene rings is 1. The Hall–Kier alpha value is -0.900. The van der Waals surface area contributed by atoms with Gasteiger partial charge in [0, 0.05) is 29.2 Å². The topological polar surface area (TPSA) is 15.3 Å². The molecule has 1 atom stereocenters. The van der Waals surface area contributed by atoms with E-state index in [1.165, 1.54) is 33.5 Å². The molecule has 21 heavy (non-hydrogen) atoms. The Kier molecular flexibility index (Phi) is 6.22. The van der Waals surface area contributed by atoms with Crippen LogP contribution in [0.3, 0.4) is 0 Å². The third-order valence-corrected chi connectivity index (χ3v) is 5.43. The van der Waals surface area contributed by atoms with Gasteiger partial charge in [-0.3, -0.25) is 4.90 Å². The van der Waals surface area contributed by atoms with E-state index in [1.807, 2.05) is 18.4 Å². The van der Waals surface area contributed by atoms with Gasteiger partial charge in [-0.05, 0) is 36.5 Å². The summed E-state index contributed by atoms with van der Waals surface area (Å²) in [7, 11) is 2.03. The molecule has 0 aliphatic heterocycles. The summed E-state index contributed by atoms with van der Waals surface area (Å²) in [4.78, 5) is 4.07. The van der Waals surface area contributed by atoms with Gasteiger partial charge in [0.15, 0.2) is 0 Å². The van der Waals surface area contributed by atoms with Gasteiger partial charge in [0.1, 0.15) is 0 Å². The normalized spacial score (nSPS) is 13.2. The average Bonchev–Trinajstić information content (AvgIpc) is 2.84.